The van der Waals surface area contributed by atoms with Gasteiger partial charge in [0, 0.05) is 13.3 Å². The molecule has 0 fully saturated rings. The lowest BCUT2D eigenvalue weighted by Gasteiger charge is -1.97. The van der Waals surface area contributed by atoms with Crippen molar-refractivity contribution in [2.24, 2.45) is 0 Å². The van der Waals surface area contributed by atoms with E-state index >= 15 is 0 Å². The smallest absolute Gasteiger partial charge is 0.193 e. The topological polar surface area (TPSA) is 26.3 Å². The molecule has 0 saturated heterocycles. The fraction of sp³-hybridized carbons (Fsp3) is 0.333. The van der Waals surface area contributed by atoms with Crippen molar-refractivity contribution in [1.29, 1.82) is 0 Å². The molecule has 1 aliphatic rings. The van der Waals surface area contributed by atoms with Crippen LogP contribution < -0.4 is 0 Å². The van der Waals surface area contributed by atoms with Crippen molar-refractivity contribution >= 4 is 34.1 Å². The van der Waals surface area contributed by atoms with Gasteiger partial charge in [0.25, 0.3) is 0 Å². The van der Waals surface area contributed by atoms with Crippen LogP contribution in [-0.2, 0) is 9.53 Å². The van der Waals surface area contributed by atoms with E-state index in [9.17, 15) is 4.79 Å². The third kappa shape index (κ3) is 2.11. The molecule has 0 saturated carbocycles. The minimum Gasteiger partial charge on any atom is -0.443 e. The Morgan fingerprint density at radius 1 is 1.90 bits per heavy atom. The Bertz CT molecular complexity index is 208. The second-order valence-electron chi connectivity index (χ2n) is 1.79. The van der Waals surface area contributed by atoms with E-state index in [1.165, 1.54) is 6.92 Å². The molecule has 0 aromatic carbocycles. The normalized spacial score (nSPS) is 16.5. The molecule has 0 N–H and O–H groups in total. The van der Waals surface area contributed by atoms with Crippen molar-refractivity contribution < 1.29 is 9.53 Å². The Kier molecular flexibility index (Phi) is 2.45. The molecular formula is C6H6O2S2. The molecule has 2 nitrogen and oxygen atoms in total. The van der Waals surface area contributed by atoms with Gasteiger partial charge in [0.1, 0.15) is 0 Å². The van der Waals surface area contributed by atoms with Gasteiger partial charge in [0.05, 0.1) is 0 Å². The maximum absolute atomic E-state index is 10.5. The number of rotatable bonds is 1. The minimum atomic E-state index is 0.0240. The summed E-state index contributed by atoms with van der Waals surface area (Å²) in [7, 11) is 0. The van der Waals surface area contributed by atoms with Gasteiger partial charge in [-0.1, -0.05) is 0 Å². The van der Waals surface area contributed by atoms with E-state index in [1.54, 1.807) is 0 Å². The standard InChI is InChI=1S/C6H6O2S2/c1-4(7)10-6-3-2-5(9)8-6/h3H,2H2,1H3. The van der Waals surface area contributed by atoms with Crippen molar-refractivity contribution in [3.63, 3.8) is 0 Å². The summed E-state index contributed by atoms with van der Waals surface area (Å²) >= 11 is 5.83. The maximum atomic E-state index is 10.5. The summed E-state index contributed by atoms with van der Waals surface area (Å²) in [5.41, 5.74) is 0. The number of carbonyl (C=O) groups excluding carboxylic acids is 1. The first-order valence-corrected chi connectivity index (χ1v) is 4.00. The quantitative estimate of drug-likeness (QED) is 0.567. The first kappa shape index (κ1) is 7.75. The molecule has 54 valence electrons. The van der Waals surface area contributed by atoms with Crippen LogP contribution in [0.1, 0.15) is 13.3 Å². The van der Waals surface area contributed by atoms with Crippen molar-refractivity contribution in [3.8, 4) is 0 Å². The van der Waals surface area contributed by atoms with Crippen molar-refractivity contribution in [3.05, 3.63) is 11.2 Å². The minimum absolute atomic E-state index is 0.0240. The van der Waals surface area contributed by atoms with Gasteiger partial charge in [0.2, 0.25) is 0 Å². The second-order valence-corrected chi connectivity index (χ2v) is 3.43. The highest BCUT2D eigenvalue weighted by atomic mass is 32.2. The van der Waals surface area contributed by atoms with Crippen LogP contribution in [0.25, 0.3) is 0 Å². The highest BCUT2D eigenvalue weighted by molar-refractivity contribution is 8.16. The second kappa shape index (κ2) is 3.16. The third-order valence-corrected chi connectivity index (χ3v) is 1.88. The maximum Gasteiger partial charge on any atom is 0.193 e. The summed E-state index contributed by atoms with van der Waals surface area (Å²) in [4.78, 5) is 10.5. The fourth-order valence-corrected chi connectivity index (χ4v) is 1.38. The molecule has 0 aliphatic carbocycles. The van der Waals surface area contributed by atoms with Crippen LogP contribution in [-0.4, -0.2) is 10.2 Å². The summed E-state index contributed by atoms with van der Waals surface area (Å²) < 4.78 is 5.01. The Morgan fingerprint density at radius 3 is 3.00 bits per heavy atom. The van der Waals surface area contributed by atoms with Gasteiger partial charge in [-0.15, -0.1) is 0 Å². The van der Waals surface area contributed by atoms with Gasteiger partial charge >= 0.3 is 0 Å². The van der Waals surface area contributed by atoms with Crippen LogP contribution in [0.5, 0.6) is 0 Å². The third-order valence-electron chi connectivity index (χ3n) is 0.894. The zero-order chi connectivity index (χ0) is 7.56. The van der Waals surface area contributed by atoms with E-state index in [-0.39, 0.29) is 5.12 Å². The predicted molar refractivity (Wildman–Crippen MR) is 44.7 cm³/mol. The Morgan fingerprint density at radius 2 is 2.60 bits per heavy atom. The molecule has 0 atom stereocenters. The zero-order valence-corrected chi connectivity index (χ0v) is 7.05. The first-order valence-electron chi connectivity index (χ1n) is 2.78. The molecule has 0 bridgehead atoms. The highest BCUT2D eigenvalue weighted by Gasteiger charge is 2.12. The van der Waals surface area contributed by atoms with E-state index in [4.69, 9.17) is 17.0 Å². The molecular weight excluding hydrogens is 168 g/mol. The summed E-state index contributed by atoms with van der Waals surface area (Å²) in [5, 5.41) is 1.19. The Balaban J connectivity index is 2.44. The van der Waals surface area contributed by atoms with Crippen molar-refractivity contribution in [2.75, 3.05) is 0 Å². The van der Waals surface area contributed by atoms with Crippen LogP contribution in [0.4, 0.5) is 0 Å². The number of carbonyl (C=O) groups is 1. The largest absolute Gasteiger partial charge is 0.443 e. The number of thioether (sulfide) groups is 1. The lowest BCUT2D eigenvalue weighted by Crippen LogP contribution is -1.90. The molecule has 10 heavy (non-hydrogen) atoms. The van der Waals surface area contributed by atoms with Crippen LogP contribution in [0.2, 0.25) is 0 Å². The van der Waals surface area contributed by atoms with E-state index in [0.717, 1.165) is 11.8 Å². The van der Waals surface area contributed by atoms with E-state index in [2.05, 4.69) is 0 Å². The van der Waals surface area contributed by atoms with E-state index in [1.807, 2.05) is 6.08 Å². The lowest BCUT2D eigenvalue weighted by molar-refractivity contribution is -0.109. The van der Waals surface area contributed by atoms with Crippen LogP contribution in [0.15, 0.2) is 11.2 Å². The van der Waals surface area contributed by atoms with Gasteiger partial charge in [-0.05, 0) is 30.1 Å². The molecule has 1 heterocycles. The van der Waals surface area contributed by atoms with Crippen LogP contribution in [0, 0.1) is 0 Å². The van der Waals surface area contributed by atoms with Gasteiger partial charge in [-0.3, -0.25) is 4.79 Å². The van der Waals surface area contributed by atoms with Crippen molar-refractivity contribution in [1.82, 2.24) is 0 Å². The molecule has 0 aromatic rings. The summed E-state index contributed by atoms with van der Waals surface area (Å²) in [6.45, 7) is 1.50. The van der Waals surface area contributed by atoms with Crippen LogP contribution in [0.3, 0.4) is 0 Å². The average Bonchev–Trinajstić information content (AvgIpc) is 2.13. The summed E-state index contributed by atoms with van der Waals surface area (Å²) in [6, 6.07) is 0. The van der Waals surface area contributed by atoms with Gasteiger partial charge in [-0.25, -0.2) is 0 Å². The Hall–Kier alpha value is -0.350. The average molecular weight is 174 g/mol. The molecule has 1 rings (SSSR count). The highest BCUT2D eigenvalue weighted by Crippen LogP contribution is 2.24. The molecule has 0 unspecified atom stereocenters. The van der Waals surface area contributed by atoms with Gasteiger partial charge in [0.15, 0.2) is 15.3 Å². The molecule has 0 aromatic heterocycles. The molecule has 4 heteroatoms. The molecule has 0 amide bonds. The fourth-order valence-electron chi connectivity index (χ4n) is 0.566. The van der Waals surface area contributed by atoms with Crippen LogP contribution >= 0.6 is 24.0 Å². The number of thiocarbonyl (C=S) groups is 1. The van der Waals surface area contributed by atoms with Crippen molar-refractivity contribution in [2.45, 2.75) is 13.3 Å². The number of ether oxygens (including phenoxy) is 1. The summed E-state index contributed by atoms with van der Waals surface area (Å²) in [5.74, 6) is 0. The summed E-state index contributed by atoms with van der Waals surface area (Å²) in [6.07, 6.45) is 2.47. The molecule has 0 radical (unpaired) electrons. The zero-order valence-electron chi connectivity index (χ0n) is 5.42. The SMILES string of the molecule is CC(=O)SC1=CCC(=S)O1. The van der Waals surface area contributed by atoms with E-state index < -0.39 is 0 Å². The van der Waals surface area contributed by atoms with E-state index in [0.29, 0.717) is 16.6 Å². The predicted octanol–water partition coefficient (Wildman–Crippen LogP) is 1.86. The first-order chi connectivity index (χ1) is 4.68. The van der Waals surface area contributed by atoms with Gasteiger partial charge in [-0.2, -0.15) is 0 Å². The monoisotopic (exact) mass is 174 g/mol. The lowest BCUT2D eigenvalue weighted by atomic mass is 10.5. The number of hydrogen-bond acceptors (Lipinski definition) is 4. The Labute approximate surface area is 68.6 Å². The molecule has 1 aliphatic heterocycles. The number of hydrogen-bond donors (Lipinski definition) is 0. The van der Waals surface area contributed by atoms with Gasteiger partial charge < -0.3 is 4.74 Å². The molecule has 0 spiro atoms.